The van der Waals surface area contributed by atoms with E-state index in [9.17, 15) is 0 Å². The lowest BCUT2D eigenvalue weighted by atomic mass is 10.1. The van der Waals surface area contributed by atoms with Gasteiger partial charge in [-0.15, -0.1) is 0 Å². The Bertz CT molecular complexity index is 769. The molecule has 0 aliphatic rings. The molecule has 0 unspecified atom stereocenters. The summed E-state index contributed by atoms with van der Waals surface area (Å²) < 4.78 is 0. The molecule has 0 heterocycles. The highest BCUT2D eigenvalue weighted by atomic mass is 14.0. The fourth-order valence-corrected chi connectivity index (χ4v) is 2.47. The molecular weight excluding hydrogens is 372 g/mol. The third kappa shape index (κ3) is 17.4. The molecular formula is C31H40. The molecule has 0 fully saturated rings. The molecule has 0 radical (unpaired) electrons. The van der Waals surface area contributed by atoms with E-state index < -0.39 is 0 Å². The van der Waals surface area contributed by atoms with E-state index in [2.05, 4.69) is 59.2 Å². The van der Waals surface area contributed by atoms with Gasteiger partial charge in [-0.05, 0) is 57.6 Å². The van der Waals surface area contributed by atoms with Crippen molar-refractivity contribution >= 4 is 12.2 Å². The summed E-state index contributed by atoms with van der Waals surface area (Å²) in [6.07, 6.45) is 14.6. The Balaban J connectivity index is 0.000000471. The molecule has 2 aromatic rings. The molecule has 0 saturated heterocycles. The maximum atomic E-state index is 3.90. The summed E-state index contributed by atoms with van der Waals surface area (Å²) in [6, 6.07) is 20.1. The predicted octanol–water partition coefficient (Wildman–Crippen LogP) is 9.86. The van der Waals surface area contributed by atoms with Gasteiger partial charge in [0.1, 0.15) is 0 Å². The zero-order valence-corrected chi connectivity index (χ0v) is 19.8. The van der Waals surface area contributed by atoms with Crippen molar-refractivity contribution < 1.29 is 0 Å². The number of allylic oxidation sites excluding steroid dienone is 6. The van der Waals surface area contributed by atoms with Crippen LogP contribution < -0.4 is 0 Å². The SMILES string of the molecule is C=CC(=C)CCC=C(C)CCC=C(C)C.C=Cc1ccccc1.C=Cc1ccccc1. The zero-order chi connectivity index (χ0) is 23.3. The monoisotopic (exact) mass is 412 g/mol. The van der Waals surface area contributed by atoms with Gasteiger partial charge in [-0.1, -0.05) is 134 Å². The lowest BCUT2D eigenvalue weighted by molar-refractivity contribution is 0.929. The number of rotatable bonds is 9. The molecule has 2 rings (SSSR count). The Hall–Kier alpha value is -3.12. The minimum Gasteiger partial charge on any atom is -0.0988 e. The third-order valence-electron chi connectivity index (χ3n) is 4.41. The van der Waals surface area contributed by atoms with Crippen molar-refractivity contribution in [1.29, 1.82) is 0 Å². The largest absolute Gasteiger partial charge is 0.0988 e. The molecule has 0 bridgehead atoms. The minimum absolute atomic E-state index is 1.03. The summed E-state index contributed by atoms with van der Waals surface area (Å²) in [7, 11) is 0. The summed E-state index contributed by atoms with van der Waals surface area (Å²) in [5, 5.41) is 0. The number of hydrogen-bond donors (Lipinski definition) is 0. The van der Waals surface area contributed by atoms with E-state index in [1.165, 1.54) is 28.7 Å². The summed E-state index contributed by atoms with van der Waals surface area (Å²) in [5.41, 5.74) is 6.36. The van der Waals surface area contributed by atoms with Crippen molar-refractivity contribution in [1.82, 2.24) is 0 Å². The second-order valence-corrected chi connectivity index (χ2v) is 7.50. The average Bonchev–Trinajstić information content (AvgIpc) is 2.80. The Morgan fingerprint density at radius 1 is 0.677 bits per heavy atom. The van der Waals surface area contributed by atoms with Crippen LogP contribution in [-0.2, 0) is 0 Å². The van der Waals surface area contributed by atoms with Crippen LogP contribution in [0.15, 0.2) is 122 Å². The average molecular weight is 413 g/mol. The van der Waals surface area contributed by atoms with E-state index >= 15 is 0 Å². The van der Waals surface area contributed by atoms with E-state index in [1.807, 2.05) is 78.9 Å². The lowest BCUT2D eigenvalue weighted by Gasteiger charge is -2.00. The number of hydrogen-bond acceptors (Lipinski definition) is 0. The van der Waals surface area contributed by atoms with E-state index in [4.69, 9.17) is 0 Å². The van der Waals surface area contributed by atoms with E-state index in [0.29, 0.717) is 0 Å². The molecule has 0 aromatic heterocycles. The van der Waals surface area contributed by atoms with Gasteiger partial charge in [-0.25, -0.2) is 0 Å². The van der Waals surface area contributed by atoms with Crippen molar-refractivity contribution in [3.63, 3.8) is 0 Å². The molecule has 0 amide bonds. The highest BCUT2D eigenvalue weighted by molar-refractivity contribution is 5.46. The first-order valence-electron chi connectivity index (χ1n) is 10.9. The maximum absolute atomic E-state index is 3.90. The first-order valence-corrected chi connectivity index (χ1v) is 10.9. The molecule has 31 heavy (non-hydrogen) atoms. The van der Waals surface area contributed by atoms with Crippen LogP contribution >= 0.6 is 0 Å². The Labute approximate surface area is 191 Å². The molecule has 0 spiro atoms. The van der Waals surface area contributed by atoms with E-state index in [-0.39, 0.29) is 0 Å². The molecule has 0 nitrogen and oxygen atoms in total. The Morgan fingerprint density at radius 3 is 1.48 bits per heavy atom. The van der Waals surface area contributed by atoms with Crippen LogP contribution in [0.4, 0.5) is 0 Å². The molecule has 2 aromatic carbocycles. The van der Waals surface area contributed by atoms with E-state index in [1.54, 1.807) is 0 Å². The van der Waals surface area contributed by atoms with Gasteiger partial charge in [0, 0.05) is 0 Å². The number of benzene rings is 2. The molecule has 0 heteroatoms. The summed E-state index contributed by atoms with van der Waals surface area (Å²) in [4.78, 5) is 0. The van der Waals surface area contributed by atoms with Gasteiger partial charge in [0.05, 0.1) is 0 Å². The predicted molar refractivity (Wildman–Crippen MR) is 144 cm³/mol. The molecule has 0 saturated carbocycles. The molecule has 0 aliphatic heterocycles. The molecule has 164 valence electrons. The topological polar surface area (TPSA) is 0 Å². The van der Waals surface area contributed by atoms with Crippen molar-refractivity contribution in [2.75, 3.05) is 0 Å². The fourth-order valence-electron chi connectivity index (χ4n) is 2.47. The fraction of sp³-hybridized carbons (Fsp3) is 0.226. The van der Waals surface area contributed by atoms with Gasteiger partial charge in [0.25, 0.3) is 0 Å². The van der Waals surface area contributed by atoms with Crippen LogP contribution in [-0.4, -0.2) is 0 Å². The third-order valence-corrected chi connectivity index (χ3v) is 4.41. The zero-order valence-electron chi connectivity index (χ0n) is 19.8. The standard InChI is InChI=1S/C15H24.2C8H8/c1-6-14(4)10-8-12-15(5)11-7-9-13(2)3;2*1-2-8-6-4-3-5-7-8/h6,9,12H,1,4,7-8,10-11H2,2-3,5H3;2*2-7H,1H2. The second-order valence-electron chi connectivity index (χ2n) is 7.50. The highest BCUT2D eigenvalue weighted by Crippen LogP contribution is 2.10. The van der Waals surface area contributed by atoms with Gasteiger partial charge < -0.3 is 0 Å². The van der Waals surface area contributed by atoms with Crippen LogP contribution in [0.25, 0.3) is 12.2 Å². The summed E-state index contributed by atoms with van der Waals surface area (Å²) >= 11 is 0. The normalized spacial score (nSPS) is 9.71. The van der Waals surface area contributed by atoms with Crippen LogP contribution in [0, 0.1) is 0 Å². The molecule has 0 N–H and O–H groups in total. The first-order chi connectivity index (χ1) is 14.9. The van der Waals surface area contributed by atoms with Crippen molar-refractivity contribution in [2.24, 2.45) is 0 Å². The highest BCUT2D eigenvalue weighted by Gasteiger charge is 1.90. The maximum Gasteiger partial charge on any atom is -0.0250 e. The van der Waals surface area contributed by atoms with Gasteiger partial charge in [0.2, 0.25) is 0 Å². The van der Waals surface area contributed by atoms with Crippen molar-refractivity contribution in [3.8, 4) is 0 Å². The van der Waals surface area contributed by atoms with Crippen LogP contribution in [0.1, 0.15) is 57.6 Å². The van der Waals surface area contributed by atoms with Gasteiger partial charge in [-0.2, -0.15) is 0 Å². The first kappa shape index (κ1) is 27.9. The van der Waals surface area contributed by atoms with Crippen LogP contribution in [0.3, 0.4) is 0 Å². The van der Waals surface area contributed by atoms with Gasteiger partial charge in [0.15, 0.2) is 0 Å². The summed E-state index contributed by atoms with van der Waals surface area (Å²) in [5.74, 6) is 0. The molecule has 0 atom stereocenters. The molecule has 0 aliphatic carbocycles. The van der Waals surface area contributed by atoms with Crippen molar-refractivity contribution in [3.05, 3.63) is 133 Å². The van der Waals surface area contributed by atoms with Crippen molar-refractivity contribution in [2.45, 2.75) is 46.5 Å². The summed E-state index contributed by atoms with van der Waals surface area (Å²) in [6.45, 7) is 21.4. The van der Waals surface area contributed by atoms with Gasteiger partial charge in [-0.3, -0.25) is 0 Å². The lowest BCUT2D eigenvalue weighted by Crippen LogP contribution is -1.79. The quantitative estimate of drug-likeness (QED) is 0.284. The second kappa shape index (κ2) is 18.9. The van der Waals surface area contributed by atoms with Crippen LogP contribution in [0.2, 0.25) is 0 Å². The Kier molecular flexibility index (Phi) is 17.0. The van der Waals surface area contributed by atoms with E-state index in [0.717, 1.165) is 24.8 Å². The van der Waals surface area contributed by atoms with Gasteiger partial charge >= 0.3 is 0 Å². The minimum atomic E-state index is 1.03. The van der Waals surface area contributed by atoms with Crippen LogP contribution in [0.5, 0.6) is 0 Å². The Morgan fingerprint density at radius 2 is 1.13 bits per heavy atom. The smallest absolute Gasteiger partial charge is 0.0250 e.